The Bertz CT molecular complexity index is 429. The third kappa shape index (κ3) is 2.41. The number of rotatable bonds is 2. The third-order valence-corrected chi connectivity index (χ3v) is 3.33. The van der Waals surface area contributed by atoms with Crippen molar-refractivity contribution in [3.63, 3.8) is 0 Å². The van der Waals surface area contributed by atoms with Gasteiger partial charge in [-0.1, -0.05) is 24.3 Å². The summed E-state index contributed by atoms with van der Waals surface area (Å²) in [5.74, 6) is 0.675. The second-order valence-electron chi connectivity index (χ2n) is 4.71. The maximum Gasteiger partial charge on any atom is 0.0661 e. The number of aryl methyl sites for hydroxylation is 1. The van der Waals surface area contributed by atoms with E-state index in [1.165, 1.54) is 17.6 Å². The number of nitrogens with zero attached hydrogens (tertiary/aromatic N) is 1. The lowest BCUT2D eigenvalue weighted by Crippen LogP contribution is -2.06. The molecule has 1 aromatic rings. The number of hydrogen-bond acceptors (Lipinski definition) is 1. The minimum absolute atomic E-state index is 0.675. The summed E-state index contributed by atoms with van der Waals surface area (Å²) in [6, 6.07) is 6.24. The standard InChI is InChI=1S/C15H19N/c1-11(2)13-7-9-14(10-8-13)15-6-4-5-12(3)16-15/h4-6,9,13H,1,7-8,10H2,2-3H3. The van der Waals surface area contributed by atoms with Crippen LogP contribution in [0.1, 0.15) is 37.6 Å². The molecular formula is C15H19N. The van der Waals surface area contributed by atoms with Crippen molar-refractivity contribution in [1.82, 2.24) is 4.98 Å². The van der Waals surface area contributed by atoms with Gasteiger partial charge >= 0.3 is 0 Å². The first-order valence-electron chi connectivity index (χ1n) is 5.95. The number of pyridine rings is 1. The monoisotopic (exact) mass is 213 g/mol. The molecule has 1 heteroatoms. The lowest BCUT2D eigenvalue weighted by molar-refractivity contribution is 0.561. The molecule has 0 bridgehead atoms. The van der Waals surface area contributed by atoms with Crippen molar-refractivity contribution < 1.29 is 0 Å². The van der Waals surface area contributed by atoms with Crippen molar-refractivity contribution >= 4 is 5.57 Å². The summed E-state index contributed by atoms with van der Waals surface area (Å²) in [6.07, 6.45) is 5.82. The lowest BCUT2D eigenvalue weighted by Gasteiger charge is -2.21. The zero-order valence-electron chi connectivity index (χ0n) is 10.2. The Labute approximate surface area is 97.9 Å². The highest BCUT2D eigenvalue weighted by Crippen LogP contribution is 2.32. The van der Waals surface area contributed by atoms with Gasteiger partial charge in [-0.2, -0.15) is 0 Å². The number of hydrogen-bond donors (Lipinski definition) is 0. The van der Waals surface area contributed by atoms with E-state index in [1.54, 1.807) is 0 Å². The molecule has 84 valence electrons. The fourth-order valence-electron chi connectivity index (χ4n) is 2.24. The largest absolute Gasteiger partial charge is 0.253 e. The van der Waals surface area contributed by atoms with E-state index >= 15 is 0 Å². The van der Waals surface area contributed by atoms with Gasteiger partial charge in [-0.15, -0.1) is 0 Å². The molecule has 0 aliphatic heterocycles. The molecule has 0 saturated carbocycles. The van der Waals surface area contributed by atoms with E-state index in [9.17, 15) is 0 Å². The molecule has 1 aliphatic carbocycles. The molecular weight excluding hydrogens is 194 g/mol. The molecule has 16 heavy (non-hydrogen) atoms. The molecule has 0 radical (unpaired) electrons. The Hall–Kier alpha value is -1.37. The SMILES string of the molecule is C=C(C)C1CC=C(c2cccc(C)n2)CC1. The van der Waals surface area contributed by atoms with Gasteiger partial charge < -0.3 is 0 Å². The van der Waals surface area contributed by atoms with Gasteiger partial charge in [0.05, 0.1) is 5.69 Å². The van der Waals surface area contributed by atoms with E-state index in [2.05, 4.69) is 36.7 Å². The van der Waals surface area contributed by atoms with Crippen LogP contribution in [-0.2, 0) is 0 Å². The quantitative estimate of drug-likeness (QED) is 0.672. The molecule has 1 aromatic heterocycles. The molecule has 0 saturated heterocycles. The van der Waals surface area contributed by atoms with Crippen LogP contribution in [-0.4, -0.2) is 4.98 Å². The van der Waals surface area contributed by atoms with Gasteiger partial charge in [0.25, 0.3) is 0 Å². The Kier molecular flexibility index (Phi) is 3.23. The smallest absolute Gasteiger partial charge is 0.0661 e. The van der Waals surface area contributed by atoms with Gasteiger partial charge in [0, 0.05) is 5.69 Å². The van der Waals surface area contributed by atoms with Gasteiger partial charge in [-0.25, -0.2) is 0 Å². The van der Waals surface area contributed by atoms with Crippen LogP contribution in [0.4, 0.5) is 0 Å². The van der Waals surface area contributed by atoms with Crippen molar-refractivity contribution in [1.29, 1.82) is 0 Å². The molecule has 0 spiro atoms. The van der Waals surface area contributed by atoms with Crippen LogP contribution in [0.2, 0.25) is 0 Å². The molecule has 0 fully saturated rings. The van der Waals surface area contributed by atoms with E-state index < -0.39 is 0 Å². The lowest BCUT2D eigenvalue weighted by atomic mass is 9.84. The number of aromatic nitrogens is 1. The second kappa shape index (κ2) is 4.65. The minimum atomic E-state index is 0.675. The summed E-state index contributed by atoms with van der Waals surface area (Å²) in [5, 5.41) is 0. The zero-order valence-corrected chi connectivity index (χ0v) is 10.2. The summed E-state index contributed by atoms with van der Waals surface area (Å²) in [4.78, 5) is 4.58. The first-order chi connectivity index (χ1) is 7.66. The van der Waals surface area contributed by atoms with Crippen molar-refractivity contribution in [2.75, 3.05) is 0 Å². The number of allylic oxidation sites excluding steroid dienone is 3. The van der Waals surface area contributed by atoms with Crippen LogP contribution in [0.3, 0.4) is 0 Å². The van der Waals surface area contributed by atoms with E-state index in [4.69, 9.17) is 0 Å². The van der Waals surface area contributed by atoms with Crippen LogP contribution in [0.5, 0.6) is 0 Å². The summed E-state index contributed by atoms with van der Waals surface area (Å²) in [6.45, 7) is 8.22. The van der Waals surface area contributed by atoms with Crippen LogP contribution in [0, 0.1) is 12.8 Å². The summed E-state index contributed by atoms with van der Waals surface area (Å²) >= 11 is 0. The third-order valence-electron chi connectivity index (χ3n) is 3.33. The van der Waals surface area contributed by atoms with Crippen LogP contribution < -0.4 is 0 Å². The highest BCUT2D eigenvalue weighted by Gasteiger charge is 2.16. The fraction of sp³-hybridized carbons (Fsp3) is 0.400. The van der Waals surface area contributed by atoms with Crippen LogP contribution >= 0.6 is 0 Å². The fourth-order valence-corrected chi connectivity index (χ4v) is 2.24. The van der Waals surface area contributed by atoms with Crippen molar-refractivity contribution in [3.8, 4) is 0 Å². The molecule has 1 atom stereocenters. The highest BCUT2D eigenvalue weighted by atomic mass is 14.7. The molecule has 1 heterocycles. The molecule has 1 aliphatic rings. The molecule has 1 unspecified atom stereocenters. The predicted molar refractivity (Wildman–Crippen MR) is 69.1 cm³/mol. The Morgan fingerprint density at radius 2 is 2.25 bits per heavy atom. The second-order valence-corrected chi connectivity index (χ2v) is 4.71. The van der Waals surface area contributed by atoms with Gasteiger partial charge in [-0.3, -0.25) is 4.98 Å². The van der Waals surface area contributed by atoms with Crippen molar-refractivity contribution in [2.45, 2.75) is 33.1 Å². The van der Waals surface area contributed by atoms with E-state index in [-0.39, 0.29) is 0 Å². The summed E-state index contributed by atoms with van der Waals surface area (Å²) in [7, 11) is 0. The molecule has 1 nitrogen and oxygen atoms in total. The summed E-state index contributed by atoms with van der Waals surface area (Å²) < 4.78 is 0. The maximum absolute atomic E-state index is 4.58. The maximum atomic E-state index is 4.58. The average molecular weight is 213 g/mol. The van der Waals surface area contributed by atoms with Gasteiger partial charge in [0.1, 0.15) is 0 Å². The Morgan fingerprint density at radius 3 is 2.81 bits per heavy atom. The van der Waals surface area contributed by atoms with E-state index in [0.29, 0.717) is 5.92 Å². The predicted octanol–water partition coefficient (Wildman–Crippen LogP) is 4.15. The molecule has 0 N–H and O–H groups in total. The van der Waals surface area contributed by atoms with Crippen molar-refractivity contribution in [2.24, 2.45) is 5.92 Å². The molecule has 2 rings (SSSR count). The van der Waals surface area contributed by atoms with Gasteiger partial charge in [0.2, 0.25) is 0 Å². The van der Waals surface area contributed by atoms with E-state index in [1.807, 2.05) is 13.0 Å². The average Bonchev–Trinajstić information content (AvgIpc) is 2.29. The normalized spacial score (nSPS) is 20.4. The highest BCUT2D eigenvalue weighted by molar-refractivity contribution is 5.63. The Balaban J connectivity index is 2.16. The minimum Gasteiger partial charge on any atom is -0.253 e. The van der Waals surface area contributed by atoms with E-state index in [0.717, 1.165) is 24.2 Å². The molecule has 0 amide bonds. The van der Waals surface area contributed by atoms with Crippen molar-refractivity contribution in [3.05, 3.63) is 47.8 Å². The van der Waals surface area contributed by atoms with Crippen LogP contribution in [0.25, 0.3) is 5.57 Å². The Morgan fingerprint density at radius 1 is 1.44 bits per heavy atom. The zero-order chi connectivity index (χ0) is 11.5. The topological polar surface area (TPSA) is 12.9 Å². The van der Waals surface area contributed by atoms with Gasteiger partial charge in [-0.05, 0) is 56.7 Å². The first kappa shape index (κ1) is 11.1. The van der Waals surface area contributed by atoms with Gasteiger partial charge in [0.15, 0.2) is 0 Å². The van der Waals surface area contributed by atoms with Crippen LogP contribution in [0.15, 0.2) is 36.4 Å². The first-order valence-corrected chi connectivity index (χ1v) is 5.95. The molecule has 0 aromatic carbocycles. The summed E-state index contributed by atoms with van der Waals surface area (Å²) in [5.41, 5.74) is 4.97.